The van der Waals surface area contributed by atoms with Gasteiger partial charge in [-0.25, -0.2) is 13.4 Å². The summed E-state index contributed by atoms with van der Waals surface area (Å²) in [7, 11) is -3.60. The number of hydrogen-bond donors (Lipinski definition) is 3. The molecule has 3 aliphatic rings. The van der Waals surface area contributed by atoms with Gasteiger partial charge >= 0.3 is 0 Å². The van der Waals surface area contributed by atoms with Gasteiger partial charge in [0.25, 0.3) is 11.8 Å². The number of para-hydroxylation sites is 1. The van der Waals surface area contributed by atoms with Crippen LogP contribution in [0, 0.1) is 6.92 Å². The summed E-state index contributed by atoms with van der Waals surface area (Å²) in [5.41, 5.74) is 3.67. The van der Waals surface area contributed by atoms with Crippen LogP contribution in [0.3, 0.4) is 0 Å². The van der Waals surface area contributed by atoms with Gasteiger partial charge in [0.2, 0.25) is 23.7 Å². The lowest BCUT2D eigenvalue weighted by Gasteiger charge is -2.33. The molecule has 68 heavy (non-hydrogen) atoms. The smallest absolute Gasteiger partial charge is 0.263 e. The monoisotopic (exact) mass is 989 g/mol. The first-order chi connectivity index (χ1) is 32.5. The van der Waals surface area contributed by atoms with Crippen LogP contribution in [-0.2, 0) is 33.7 Å². The van der Waals surface area contributed by atoms with E-state index in [0.29, 0.717) is 60.7 Å². The second kappa shape index (κ2) is 22.2. The first-order valence-corrected chi connectivity index (χ1v) is 25.6. The minimum Gasteiger partial charge on any atom is -0.489 e. The number of fused-ring (bicyclic) bond motifs is 1. The summed E-state index contributed by atoms with van der Waals surface area (Å²) in [6, 6.07) is 14.7. The fourth-order valence-corrected chi connectivity index (χ4v) is 10.6. The molecule has 17 nitrogen and oxygen atoms in total. The van der Waals surface area contributed by atoms with Gasteiger partial charge in [-0.3, -0.25) is 34.2 Å². The molecule has 0 bridgehead atoms. The maximum atomic E-state index is 13.3. The fourth-order valence-electron chi connectivity index (χ4n) is 8.32. The molecule has 3 N–H and O–H groups in total. The van der Waals surface area contributed by atoms with E-state index in [0.717, 1.165) is 28.9 Å². The van der Waals surface area contributed by atoms with Crippen LogP contribution in [-0.4, -0.2) is 120 Å². The van der Waals surface area contributed by atoms with Gasteiger partial charge < -0.3 is 29.7 Å². The number of anilines is 4. The molecule has 0 saturated carbocycles. The van der Waals surface area contributed by atoms with Crippen LogP contribution in [0.1, 0.15) is 97.6 Å². The van der Waals surface area contributed by atoms with E-state index in [-0.39, 0.29) is 76.6 Å². The number of piperidine rings is 2. The van der Waals surface area contributed by atoms with E-state index in [2.05, 4.69) is 25.9 Å². The van der Waals surface area contributed by atoms with Crippen molar-refractivity contribution in [3.63, 3.8) is 0 Å². The second-order valence-corrected chi connectivity index (χ2v) is 21.2. The normalized spacial score (nSPS) is 16.7. The molecular formula is C48H56ClN7O10S2. The summed E-state index contributed by atoms with van der Waals surface area (Å²) >= 11 is 7.87. The summed E-state index contributed by atoms with van der Waals surface area (Å²) in [4.78, 5) is 76.2. The van der Waals surface area contributed by atoms with E-state index in [1.165, 1.54) is 18.0 Å². The van der Waals surface area contributed by atoms with Crippen LogP contribution < -0.4 is 20.7 Å². The minimum absolute atomic E-state index is 0.0299. The Morgan fingerprint density at radius 3 is 2.37 bits per heavy atom. The summed E-state index contributed by atoms with van der Waals surface area (Å²) in [6.07, 6.45) is 3.28. The number of thioether (sulfide) groups is 1. The largest absolute Gasteiger partial charge is 0.489 e. The zero-order valence-electron chi connectivity index (χ0n) is 38.6. The molecule has 0 radical (unpaired) electrons. The number of likely N-dealkylation sites (tertiary alicyclic amines) is 1. The van der Waals surface area contributed by atoms with Crippen molar-refractivity contribution in [1.82, 2.24) is 25.1 Å². The van der Waals surface area contributed by atoms with Gasteiger partial charge in [0.05, 0.1) is 77.8 Å². The number of halogens is 1. The SMILES string of the molecule is Cc1cc(Nc2ncc(Cl)c(Nc3ccccc3S(=O)(=O)C(C)C)n2)c(OC(C)C)cc1C1CCN(C(=O)CCOCCOCCSc2cccc3c2C(=O)N(C2CCC(=O)NC2=O)C3=O)CC1. The van der Waals surface area contributed by atoms with Crippen molar-refractivity contribution in [1.29, 1.82) is 0 Å². The first kappa shape index (κ1) is 50.3. The standard InChI is InChI=1S/C48H56ClN7O10S2/c1-28(2)66-38-26-33(30(5)25-36(38)52-48-50-27-34(49)44(54-48)51-35-10-6-7-12-40(35)68(62,63)29(3)4)31-15-18-55(19-16-31)42(58)17-20-64-21-22-65-23-24-67-39-11-8-9-32-43(39)47(61)56(46(32)60)37-13-14-41(57)53-45(37)59/h6-12,25-29,31,37H,13-24H2,1-5H3,(H,53,57,59)(H2,50,51,52,54). The molecule has 0 aliphatic carbocycles. The molecule has 3 aromatic carbocycles. The summed E-state index contributed by atoms with van der Waals surface area (Å²) < 4.78 is 43.9. The highest BCUT2D eigenvalue weighted by atomic mass is 35.5. The number of ether oxygens (including phenoxy) is 3. The van der Waals surface area contributed by atoms with Crippen LogP contribution in [0.2, 0.25) is 5.02 Å². The Kier molecular flexibility index (Phi) is 16.4. The van der Waals surface area contributed by atoms with Crippen molar-refractivity contribution in [2.75, 3.05) is 55.9 Å². The van der Waals surface area contributed by atoms with E-state index < -0.39 is 44.8 Å². The second-order valence-electron chi connectivity index (χ2n) is 17.2. The number of sulfone groups is 1. The Balaban J connectivity index is 0.849. The molecule has 2 fully saturated rings. The number of hydrogen-bond acceptors (Lipinski definition) is 15. The number of nitrogens with one attached hydrogen (secondary N) is 3. The number of nitrogens with zero attached hydrogens (tertiary/aromatic N) is 4. The fraction of sp³-hybridized carbons (Fsp3) is 0.438. The Bertz CT molecular complexity index is 2680. The lowest BCUT2D eigenvalue weighted by atomic mass is 9.86. The van der Waals surface area contributed by atoms with Crippen LogP contribution >= 0.6 is 23.4 Å². The van der Waals surface area contributed by atoms with Gasteiger partial charge in [-0.05, 0) is 107 Å². The average Bonchev–Trinajstić information content (AvgIpc) is 3.56. The number of rotatable bonds is 20. The third kappa shape index (κ3) is 11.6. The lowest BCUT2D eigenvalue weighted by Crippen LogP contribution is -2.54. The van der Waals surface area contributed by atoms with Crippen LogP contribution in [0.4, 0.5) is 23.1 Å². The van der Waals surface area contributed by atoms with Crippen molar-refractivity contribution in [3.8, 4) is 5.75 Å². The maximum Gasteiger partial charge on any atom is 0.263 e. The number of aromatic nitrogens is 2. The molecule has 362 valence electrons. The van der Waals surface area contributed by atoms with E-state index in [9.17, 15) is 32.4 Å². The van der Waals surface area contributed by atoms with Crippen molar-refractivity contribution in [2.45, 2.75) is 99.8 Å². The number of aryl methyl sites for hydroxylation is 1. The highest BCUT2D eigenvalue weighted by molar-refractivity contribution is 7.99. The molecule has 1 aromatic heterocycles. The van der Waals surface area contributed by atoms with E-state index >= 15 is 0 Å². The van der Waals surface area contributed by atoms with Crippen LogP contribution in [0.15, 0.2) is 70.6 Å². The van der Waals surface area contributed by atoms with Gasteiger partial charge in [0.15, 0.2) is 15.7 Å². The third-order valence-corrected chi connectivity index (χ3v) is 15.3. The van der Waals surface area contributed by atoms with Gasteiger partial charge in [0, 0.05) is 30.2 Å². The highest BCUT2D eigenvalue weighted by Crippen LogP contribution is 2.39. The van der Waals surface area contributed by atoms with Gasteiger partial charge in [0.1, 0.15) is 16.8 Å². The molecule has 1 atom stereocenters. The first-order valence-electron chi connectivity index (χ1n) is 22.6. The van der Waals surface area contributed by atoms with Crippen molar-refractivity contribution in [2.24, 2.45) is 0 Å². The Labute approximate surface area is 405 Å². The van der Waals surface area contributed by atoms with Crippen LogP contribution in [0.5, 0.6) is 5.75 Å². The molecule has 4 heterocycles. The summed E-state index contributed by atoms with van der Waals surface area (Å²) in [5.74, 6) is -0.338. The van der Waals surface area contributed by atoms with Crippen molar-refractivity contribution in [3.05, 3.63) is 88.1 Å². The van der Waals surface area contributed by atoms with Crippen molar-refractivity contribution >= 4 is 85.9 Å². The van der Waals surface area contributed by atoms with E-state index in [1.807, 2.05) is 37.8 Å². The van der Waals surface area contributed by atoms with Gasteiger partial charge in [-0.2, -0.15) is 4.98 Å². The predicted molar refractivity (Wildman–Crippen MR) is 258 cm³/mol. The minimum atomic E-state index is -3.60. The van der Waals surface area contributed by atoms with Gasteiger partial charge in [-0.1, -0.05) is 29.8 Å². The molecule has 3 aliphatic heterocycles. The molecule has 5 amide bonds. The predicted octanol–water partition coefficient (Wildman–Crippen LogP) is 7.22. The molecule has 0 spiro atoms. The number of amides is 5. The number of carbonyl (C=O) groups excluding carboxylic acids is 5. The molecule has 20 heteroatoms. The molecular weight excluding hydrogens is 934 g/mol. The topological polar surface area (TPSA) is 216 Å². The zero-order chi connectivity index (χ0) is 48.7. The van der Waals surface area contributed by atoms with Crippen molar-refractivity contribution < 1.29 is 46.6 Å². The Morgan fingerprint density at radius 1 is 0.912 bits per heavy atom. The third-order valence-electron chi connectivity index (χ3n) is 11.8. The van der Waals surface area contributed by atoms with Crippen LogP contribution in [0.25, 0.3) is 0 Å². The van der Waals surface area contributed by atoms with E-state index in [1.54, 1.807) is 56.3 Å². The number of benzene rings is 3. The van der Waals surface area contributed by atoms with E-state index in [4.69, 9.17) is 25.8 Å². The zero-order valence-corrected chi connectivity index (χ0v) is 41.0. The highest BCUT2D eigenvalue weighted by Gasteiger charge is 2.45. The Hall–Kier alpha value is -5.60. The Morgan fingerprint density at radius 2 is 1.65 bits per heavy atom. The molecule has 4 aromatic rings. The molecule has 1 unspecified atom stereocenters. The number of imide groups is 2. The average molecular weight is 991 g/mol. The maximum absolute atomic E-state index is 13.3. The molecule has 2 saturated heterocycles. The molecule has 7 rings (SSSR count). The summed E-state index contributed by atoms with van der Waals surface area (Å²) in [6.45, 7) is 11.7. The van der Waals surface area contributed by atoms with Gasteiger partial charge in [-0.15, -0.1) is 11.8 Å². The lowest BCUT2D eigenvalue weighted by molar-refractivity contribution is -0.136. The number of carbonyl (C=O) groups is 5. The quantitative estimate of drug-likeness (QED) is 0.0453. The summed E-state index contributed by atoms with van der Waals surface area (Å²) in [5, 5.41) is 8.17.